The second-order valence-electron chi connectivity index (χ2n) is 7.12. The van der Waals surface area contributed by atoms with Crippen molar-refractivity contribution in [3.63, 3.8) is 0 Å². The summed E-state index contributed by atoms with van der Waals surface area (Å²) in [6.45, 7) is 5.52. The third-order valence-corrected chi connectivity index (χ3v) is 5.53. The van der Waals surface area contributed by atoms with Gasteiger partial charge in [-0.05, 0) is 51.1 Å². The Kier molecular flexibility index (Phi) is 4.76. The number of amides is 3. The largest absolute Gasteiger partial charge is 0.322 e. The van der Waals surface area contributed by atoms with Gasteiger partial charge in [-0.15, -0.1) is 11.3 Å². The van der Waals surface area contributed by atoms with E-state index in [1.165, 1.54) is 11.0 Å². The maximum absolute atomic E-state index is 12.6. The number of anilines is 1. The molecule has 2 heterocycles. The number of aryl methyl sites for hydroxylation is 1. The van der Waals surface area contributed by atoms with Crippen LogP contribution in [0.3, 0.4) is 0 Å². The van der Waals surface area contributed by atoms with Gasteiger partial charge in [-0.25, -0.2) is 4.98 Å². The average Bonchev–Trinajstić information content (AvgIpc) is 3.23. The molecular formula is C22H19N3O3S. The maximum Gasteiger partial charge on any atom is 0.261 e. The summed E-state index contributed by atoms with van der Waals surface area (Å²) in [5.41, 5.74) is 3.45. The van der Waals surface area contributed by atoms with Crippen LogP contribution in [-0.2, 0) is 0 Å². The maximum atomic E-state index is 12.6. The molecule has 29 heavy (non-hydrogen) atoms. The normalized spacial score (nSPS) is 13.2. The van der Waals surface area contributed by atoms with Crippen LogP contribution in [0, 0.1) is 6.92 Å². The number of fused-ring (bicyclic) bond motifs is 1. The highest BCUT2D eigenvalue weighted by molar-refractivity contribution is 7.09. The molecule has 0 unspecified atom stereocenters. The number of carbonyl (C=O) groups excluding carboxylic acids is 3. The molecule has 4 rings (SSSR count). The number of rotatable bonds is 4. The van der Waals surface area contributed by atoms with Crippen molar-refractivity contribution in [2.75, 3.05) is 5.32 Å². The minimum atomic E-state index is -0.363. The van der Waals surface area contributed by atoms with Gasteiger partial charge in [0.15, 0.2) is 0 Å². The highest BCUT2D eigenvalue weighted by atomic mass is 32.1. The van der Waals surface area contributed by atoms with Gasteiger partial charge >= 0.3 is 0 Å². The Bertz CT molecular complexity index is 1130. The molecular weight excluding hydrogens is 386 g/mol. The van der Waals surface area contributed by atoms with Gasteiger partial charge in [0.2, 0.25) is 0 Å². The number of thiazole rings is 1. The van der Waals surface area contributed by atoms with E-state index in [1.54, 1.807) is 37.3 Å². The molecule has 1 aromatic heterocycles. The van der Waals surface area contributed by atoms with Gasteiger partial charge in [-0.3, -0.25) is 19.3 Å². The van der Waals surface area contributed by atoms with Crippen LogP contribution < -0.4 is 5.32 Å². The van der Waals surface area contributed by atoms with Gasteiger partial charge in [0, 0.05) is 28.2 Å². The van der Waals surface area contributed by atoms with E-state index in [0.717, 1.165) is 16.3 Å². The van der Waals surface area contributed by atoms with Crippen LogP contribution in [0.1, 0.15) is 49.9 Å². The van der Waals surface area contributed by atoms with Crippen molar-refractivity contribution < 1.29 is 14.4 Å². The van der Waals surface area contributed by atoms with Crippen LogP contribution in [0.15, 0.2) is 47.8 Å². The van der Waals surface area contributed by atoms with E-state index in [1.807, 2.05) is 36.6 Å². The van der Waals surface area contributed by atoms with Crippen molar-refractivity contribution in [1.29, 1.82) is 0 Å². The van der Waals surface area contributed by atoms with E-state index in [9.17, 15) is 14.4 Å². The van der Waals surface area contributed by atoms with Crippen LogP contribution in [0.2, 0.25) is 0 Å². The molecule has 1 aliphatic rings. The van der Waals surface area contributed by atoms with Crippen LogP contribution in [-0.4, -0.2) is 33.6 Å². The number of imide groups is 1. The quantitative estimate of drug-likeness (QED) is 0.654. The molecule has 3 amide bonds. The summed E-state index contributed by atoms with van der Waals surface area (Å²) < 4.78 is 0. The molecule has 7 heteroatoms. The first-order valence-corrected chi connectivity index (χ1v) is 10.1. The van der Waals surface area contributed by atoms with Gasteiger partial charge < -0.3 is 5.32 Å². The van der Waals surface area contributed by atoms with Crippen molar-refractivity contribution in [1.82, 2.24) is 9.88 Å². The van der Waals surface area contributed by atoms with E-state index < -0.39 is 0 Å². The van der Waals surface area contributed by atoms with Gasteiger partial charge in [0.1, 0.15) is 0 Å². The van der Waals surface area contributed by atoms with Crippen molar-refractivity contribution in [2.24, 2.45) is 0 Å². The number of carbonyl (C=O) groups is 3. The van der Waals surface area contributed by atoms with Gasteiger partial charge in [-0.2, -0.15) is 0 Å². The molecule has 0 saturated carbocycles. The lowest BCUT2D eigenvalue weighted by Crippen LogP contribution is -2.35. The van der Waals surface area contributed by atoms with Crippen LogP contribution in [0.5, 0.6) is 0 Å². The molecule has 0 bridgehead atoms. The third kappa shape index (κ3) is 3.45. The smallest absolute Gasteiger partial charge is 0.261 e. The number of nitrogens with zero attached hydrogens (tertiary/aromatic N) is 2. The fourth-order valence-electron chi connectivity index (χ4n) is 3.29. The first-order chi connectivity index (χ1) is 13.8. The number of hydrogen-bond donors (Lipinski definition) is 1. The molecule has 2 aromatic carbocycles. The van der Waals surface area contributed by atoms with Crippen molar-refractivity contribution in [3.05, 3.63) is 69.5 Å². The lowest BCUT2D eigenvalue weighted by Gasteiger charge is -2.17. The van der Waals surface area contributed by atoms with Crippen molar-refractivity contribution >= 4 is 34.7 Å². The Morgan fingerprint density at radius 1 is 1.03 bits per heavy atom. The number of nitrogens with one attached hydrogen (secondary N) is 1. The number of benzene rings is 2. The molecule has 1 N–H and O–H groups in total. The topological polar surface area (TPSA) is 79.4 Å². The standard InChI is InChI=1S/C22H19N3O3S/c1-12(2)25-21(27)17-9-6-15(10-18(17)22(25)28)20(26)24-16-7-4-14(5-8-16)19-11-29-13(3)23-19/h4-12H,1-3H3,(H,24,26). The average molecular weight is 405 g/mol. The predicted molar refractivity (Wildman–Crippen MR) is 112 cm³/mol. The van der Waals surface area contributed by atoms with E-state index >= 15 is 0 Å². The molecule has 1 aliphatic heterocycles. The molecule has 3 aromatic rings. The Labute approximate surface area is 172 Å². The number of aromatic nitrogens is 1. The van der Waals surface area contributed by atoms with Crippen molar-refractivity contribution in [2.45, 2.75) is 26.8 Å². The fourth-order valence-corrected chi connectivity index (χ4v) is 3.92. The van der Waals surface area contributed by atoms with E-state index in [4.69, 9.17) is 0 Å². The first-order valence-electron chi connectivity index (χ1n) is 9.21. The van der Waals surface area contributed by atoms with E-state index in [-0.39, 0.29) is 29.3 Å². The highest BCUT2D eigenvalue weighted by Gasteiger charge is 2.37. The lowest BCUT2D eigenvalue weighted by molar-refractivity contribution is 0.0609. The summed E-state index contributed by atoms with van der Waals surface area (Å²) in [6.07, 6.45) is 0. The summed E-state index contributed by atoms with van der Waals surface area (Å²) in [7, 11) is 0. The Balaban J connectivity index is 1.53. The van der Waals surface area contributed by atoms with Gasteiger partial charge in [-0.1, -0.05) is 12.1 Å². The molecule has 0 fully saturated rings. The van der Waals surface area contributed by atoms with Crippen LogP contribution in [0.4, 0.5) is 5.69 Å². The molecule has 6 nitrogen and oxygen atoms in total. The highest BCUT2D eigenvalue weighted by Crippen LogP contribution is 2.27. The Hall–Kier alpha value is -3.32. The molecule has 0 aliphatic carbocycles. The van der Waals surface area contributed by atoms with Crippen molar-refractivity contribution in [3.8, 4) is 11.3 Å². The van der Waals surface area contributed by atoms with E-state index in [2.05, 4.69) is 10.3 Å². The summed E-state index contributed by atoms with van der Waals surface area (Å²) in [5, 5.41) is 5.82. The molecule has 0 atom stereocenters. The van der Waals surface area contributed by atoms with Gasteiger partial charge in [0.25, 0.3) is 17.7 Å². The molecule has 146 valence electrons. The molecule has 0 radical (unpaired) electrons. The fraction of sp³-hybridized carbons (Fsp3) is 0.182. The zero-order chi connectivity index (χ0) is 20.7. The second kappa shape index (κ2) is 7.25. The molecule has 0 spiro atoms. The Morgan fingerprint density at radius 3 is 2.34 bits per heavy atom. The summed E-state index contributed by atoms with van der Waals surface area (Å²) in [6, 6.07) is 11.8. The van der Waals surface area contributed by atoms with Gasteiger partial charge in [0.05, 0.1) is 21.8 Å². The minimum Gasteiger partial charge on any atom is -0.322 e. The summed E-state index contributed by atoms with van der Waals surface area (Å²) in [4.78, 5) is 43.2. The Morgan fingerprint density at radius 2 is 1.72 bits per heavy atom. The predicted octanol–water partition coefficient (Wildman–Crippen LogP) is 4.38. The third-order valence-electron chi connectivity index (χ3n) is 4.75. The zero-order valence-corrected chi connectivity index (χ0v) is 17.0. The monoisotopic (exact) mass is 405 g/mol. The first kappa shape index (κ1) is 19.0. The summed E-state index contributed by atoms with van der Waals surface area (Å²) >= 11 is 1.59. The van der Waals surface area contributed by atoms with E-state index in [0.29, 0.717) is 16.8 Å². The minimum absolute atomic E-state index is 0.236. The number of hydrogen-bond acceptors (Lipinski definition) is 5. The SMILES string of the molecule is Cc1nc(-c2ccc(NC(=O)c3ccc4c(c3)C(=O)N(C(C)C)C4=O)cc2)cs1. The lowest BCUT2D eigenvalue weighted by atomic mass is 10.1. The molecule has 0 saturated heterocycles. The van der Waals surface area contributed by atoms with Crippen LogP contribution in [0.25, 0.3) is 11.3 Å². The zero-order valence-electron chi connectivity index (χ0n) is 16.2. The summed E-state index contributed by atoms with van der Waals surface area (Å²) in [5.74, 6) is -1.02. The second-order valence-corrected chi connectivity index (χ2v) is 8.18. The van der Waals surface area contributed by atoms with Crippen LogP contribution >= 0.6 is 11.3 Å².